The highest BCUT2D eigenvalue weighted by molar-refractivity contribution is 7.89. The number of sulfonamides is 1. The van der Waals surface area contributed by atoms with Gasteiger partial charge in [0, 0.05) is 26.8 Å². The Morgan fingerprint density at radius 1 is 1.45 bits per heavy atom. The third-order valence-corrected chi connectivity index (χ3v) is 5.28. The molecule has 1 saturated heterocycles. The predicted octanol–water partition coefficient (Wildman–Crippen LogP) is 0.743. The van der Waals surface area contributed by atoms with Crippen LogP contribution in [-0.2, 0) is 10.0 Å². The van der Waals surface area contributed by atoms with Gasteiger partial charge in [-0.2, -0.15) is 0 Å². The van der Waals surface area contributed by atoms with Crippen LogP contribution in [0.15, 0.2) is 23.2 Å². The van der Waals surface area contributed by atoms with E-state index in [4.69, 9.17) is 0 Å². The summed E-state index contributed by atoms with van der Waals surface area (Å²) in [7, 11) is -0.373. The molecule has 6 nitrogen and oxygen atoms in total. The largest absolute Gasteiger partial charge is 0.370 e. The lowest BCUT2D eigenvalue weighted by atomic mass is 10.00. The lowest BCUT2D eigenvalue weighted by Gasteiger charge is -2.23. The molecule has 2 heterocycles. The summed E-state index contributed by atoms with van der Waals surface area (Å²) >= 11 is 0. The fourth-order valence-electron chi connectivity index (χ4n) is 2.20. The van der Waals surface area contributed by atoms with Crippen LogP contribution in [0.1, 0.15) is 12.8 Å². The van der Waals surface area contributed by atoms with Crippen molar-refractivity contribution in [1.82, 2.24) is 14.6 Å². The van der Waals surface area contributed by atoms with Crippen LogP contribution in [0.3, 0.4) is 0 Å². The minimum absolute atomic E-state index is 0.215. The highest BCUT2D eigenvalue weighted by Crippen LogP contribution is 2.15. The first-order chi connectivity index (χ1) is 9.50. The van der Waals surface area contributed by atoms with Gasteiger partial charge in [-0.05, 0) is 44.0 Å². The first-order valence-electron chi connectivity index (χ1n) is 6.83. The van der Waals surface area contributed by atoms with E-state index >= 15 is 0 Å². The molecule has 0 amide bonds. The Labute approximate surface area is 120 Å². The molecular formula is C13H22N4O2S. The third kappa shape index (κ3) is 3.68. The van der Waals surface area contributed by atoms with Crippen LogP contribution in [0, 0.1) is 5.92 Å². The van der Waals surface area contributed by atoms with E-state index in [1.165, 1.54) is 37.4 Å². The van der Waals surface area contributed by atoms with Crippen LogP contribution < -0.4 is 10.6 Å². The second-order valence-corrected chi connectivity index (χ2v) is 7.41. The molecule has 1 aliphatic heterocycles. The Kier molecular flexibility index (Phi) is 4.95. The zero-order valence-electron chi connectivity index (χ0n) is 12.0. The molecule has 0 aliphatic carbocycles. The first-order valence-corrected chi connectivity index (χ1v) is 8.27. The van der Waals surface area contributed by atoms with Crippen molar-refractivity contribution in [3.8, 4) is 0 Å². The van der Waals surface area contributed by atoms with E-state index in [1.54, 1.807) is 12.1 Å². The zero-order valence-corrected chi connectivity index (χ0v) is 12.8. The van der Waals surface area contributed by atoms with Crippen molar-refractivity contribution in [2.45, 2.75) is 17.7 Å². The fourth-order valence-corrected chi connectivity index (χ4v) is 3.04. The summed E-state index contributed by atoms with van der Waals surface area (Å²) in [5, 5.41) is 6.63. The van der Waals surface area contributed by atoms with Gasteiger partial charge in [0.25, 0.3) is 0 Å². The highest BCUT2D eigenvalue weighted by Gasteiger charge is 2.17. The second kappa shape index (κ2) is 6.51. The summed E-state index contributed by atoms with van der Waals surface area (Å²) in [4.78, 5) is 4.39. The van der Waals surface area contributed by atoms with E-state index in [0.717, 1.165) is 19.6 Å². The SMILES string of the molecule is CN(C)S(=O)(=O)c1ccc(NCC2CCCNC2)nc1. The van der Waals surface area contributed by atoms with Crippen molar-refractivity contribution in [1.29, 1.82) is 0 Å². The molecule has 1 aromatic heterocycles. The Morgan fingerprint density at radius 2 is 2.25 bits per heavy atom. The van der Waals surface area contributed by atoms with Gasteiger partial charge >= 0.3 is 0 Å². The minimum Gasteiger partial charge on any atom is -0.370 e. The number of piperidine rings is 1. The minimum atomic E-state index is -3.40. The summed E-state index contributed by atoms with van der Waals surface area (Å²) < 4.78 is 25.0. The van der Waals surface area contributed by atoms with E-state index in [0.29, 0.717) is 11.7 Å². The number of rotatable bonds is 5. The quantitative estimate of drug-likeness (QED) is 0.839. The molecule has 0 radical (unpaired) electrons. The maximum Gasteiger partial charge on any atom is 0.244 e. The molecule has 2 rings (SSSR count). The van der Waals surface area contributed by atoms with E-state index in [1.807, 2.05) is 0 Å². The van der Waals surface area contributed by atoms with Crippen molar-refractivity contribution in [3.05, 3.63) is 18.3 Å². The lowest BCUT2D eigenvalue weighted by molar-refractivity contribution is 0.392. The molecule has 1 fully saturated rings. The number of pyridine rings is 1. The molecule has 1 unspecified atom stereocenters. The number of anilines is 1. The molecule has 0 aromatic carbocycles. The van der Waals surface area contributed by atoms with Gasteiger partial charge in [0.15, 0.2) is 0 Å². The molecule has 0 saturated carbocycles. The van der Waals surface area contributed by atoms with E-state index in [2.05, 4.69) is 15.6 Å². The lowest BCUT2D eigenvalue weighted by Crippen LogP contribution is -2.33. The van der Waals surface area contributed by atoms with Crippen molar-refractivity contribution in [2.75, 3.05) is 39.0 Å². The van der Waals surface area contributed by atoms with Gasteiger partial charge < -0.3 is 10.6 Å². The average Bonchev–Trinajstić information content (AvgIpc) is 2.46. The molecule has 0 bridgehead atoms. The molecule has 1 aromatic rings. The van der Waals surface area contributed by atoms with Gasteiger partial charge in [-0.15, -0.1) is 0 Å². The van der Waals surface area contributed by atoms with Gasteiger partial charge in [-0.25, -0.2) is 17.7 Å². The summed E-state index contributed by atoms with van der Waals surface area (Å²) in [6, 6.07) is 3.30. The van der Waals surface area contributed by atoms with E-state index in [-0.39, 0.29) is 4.90 Å². The van der Waals surface area contributed by atoms with E-state index in [9.17, 15) is 8.42 Å². The summed E-state index contributed by atoms with van der Waals surface area (Å²) in [6.45, 7) is 2.99. The Morgan fingerprint density at radius 3 is 2.80 bits per heavy atom. The van der Waals surface area contributed by atoms with Crippen molar-refractivity contribution in [2.24, 2.45) is 5.92 Å². The molecule has 20 heavy (non-hydrogen) atoms. The third-order valence-electron chi connectivity index (χ3n) is 3.49. The number of hydrogen-bond acceptors (Lipinski definition) is 5. The summed E-state index contributed by atoms with van der Waals surface area (Å²) in [5.74, 6) is 1.32. The van der Waals surface area contributed by atoms with Crippen LogP contribution in [-0.4, -0.2) is 51.4 Å². The standard InChI is InChI=1S/C13H22N4O2S/c1-17(2)20(18,19)12-5-6-13(16-10-12)15-9-11-4-3-7-14-8-11/h5-6,10-11,14H,3-4,7-9H2,1-2H3,(H,15,16). The molecule has 112 valence electrons. The normalized spacial score (nSPS) is 20.1. The Hall–Kier alpha value is -1.18. The van der Waals surface area contributed by atoms with Crippen LogP contribution in [0.2, 0.25) is 0 Å². The van der Waals surface area contributed by atoms with Gasteiger partial charge in [0.1, 0.15) is 10.7 Å². The number of aromatic nitrogens is 1. The molecule has 0 spiro atoms. The van der Waals surface area contributed by atoms with Crippen LogP contribution in [0.25, 0.3) is 0 Å². The highest BCUT2D eigenvalue weighted by atomic mass is 32.2. The van der Waals surface area contributed by atoms with Crippen molar-refractivity contribution < 1.29 is 8.42 Å². The molecule has 1 aliphatic rings. The van der Waals surface area contributed by atoms with Crippen LogP contribution in [0.4, 0.5) is 5.82 Å². The summed E-state index contributed by atoms with van der Waals surface area (Å²) in [5.41, 5.74) is 0. The number of nitrogens with one attached hydrogen (secondary N) is 2. The van der Waals surface area contributed by atoms with Gasteiger partial charge in [-0.3, -0.25) is 0 Å². The van der Waals surface area contributed by atoms with Crippen LogP contribution in [0.5, 0.6) is 0 Å². The first kappa shape index (κ1) is 15.2. The maximum absolute atomic E-state index is 11.9. The molecular weight excluding hydrogens is 276 g/mol. The van der Waals surface area contributed by atoms with Gasteiger partial charge in [0.05, 0.1) is 0 Å². The molecule has 7 heteroatoms. The number of nitrogens with zero attached hydrogens (tertiary/aromatic N) is 2. The number of hydrogen-bond donors (Lipinski definition) is 2. The van der Waals surface area contributed by atoms with Crippen molar-refractivity contribution in [3.63, 3.8) is 0 Å². The Bertz CT molecular complexity index is 522. The maximum atomic E-state index is 11.9. The summed E-state index contributed by atoms with van der Waals surface area (Å²) in [6.07, 6.45) is 3.82. The monoisotopic (exact) mass is 298 g/mol. The van der Waals surface area contributed by atoms with Crippen LogP contribution >= 0.6 is 0 Å². The predicted molar refractivity (Wildman–Crippen MR) is 79.2 cm³/mol. The van der Waals surface area contributed by atoms with Gasteiger partial charge in [-0.1, -0.05) is 0 Å². The zero-order chi connectivity index (χ0) is 14.6. The van der Waals surface area contributed by atoms with E-state index < -0.39 is 10.0 Å². The molecule has 2 N–H and O–H groups in total. The van der Waals surface area contributed by atoms with Gasteiger partial charge in [0.2, 0.25) is 10.0 Å². The fraction of sp³-hybridized carbons (Fsp3) is 0.615. The smallest absolute Gasteiger partial charge is 0.244 e. The molecule has 1 atom stereocenters. The second-order valence-electron chi connectivity index (χ2n) is 5.26. The van der Waals surface area contributed by atoms with Crippen molar-refractivity contribution >= 4 is 15.8 Å². The average molecular weight is 298 g/mol. The topological polar surface area (TPSA) is 74.3 Å². The Balaban J connectivity index is 1.94.